The quantitative estimate of drug-likeness (QED) is 0.767. The number of hydrogen-bond donors (Lipinski definition) is 2. The Hall–Kier alpha value is -0.660. The lowest BCUT2D eigenvalue weighted by atomic mass is 10.1. The molecule has 0 aliphatic heterocycles. The second-order valence-corrected chi connectivity index (χ2v) is 5.86. The van der Waals surface area contributed by atoms with Gasteiger partial charge in [-0.05, 0) is 30.3 Å². The van der Waals surface area contributed by atoms with Crippen LogP contribution in [0.1, 0.15) is 32.1 Å². The van der Waals surface area contributed by atoms with E-state index in [1.165, 1.54) is 12.8 Å². The van der Waals surface area contributed by atoms with E-state index in [1.54, 1.807) is 16.4 Å². The second kappa shape index (κ2) is 7.06. The van der Waals surface area contributed by atoms with Crippen LogP contribution < -0.4 is 5.32 Å². The number of aromatic nitrogens is 4. The number of thioether (sulfide) groups is 1. The number of likely N-dealkylation sites (N-methyl/N-ethyl adjacent to an activating group) is 1. The van der Waals surface area contributed by atoms with Gasteiger partial charge in [-0.1, -0.05) is 31.0 Å². The third-order valence-electron chi connectivity index (χ3n) is 3.25. The van der Waals surface area contributed by atoms with Gasteiger partial charge in [-0.15, -0.1) is 5.10 Å². The second-order valence-electron chi connectivity index (χ2n) is 4.65. The maximum atomic E-state index is 10.1. The summed E-state index contributed by atoms with van der Waals surface area (Å²) in [5, 5.41) is 26.0. The zero-order valence-corrected chi connectivity index (χ0v) is 11.6. The minimum atomic E-state index is -0.230. The van der Waals surface area contributed by atoms with E-state index in [2.05, 4.69) is 20.8 Å². The molecule has 1 fully saturated rings. The molecular formula is C11H21N5OS. The summed E-state index contributed by atoms with van der Waals surface area (Å²) in [6, 6.07) is 0. The zero-order valence-electron chi connectivity index (χ0n) is 10.7. The van der Waals surface area contributed by atoms with Crippen molar-refractivity contribution in [2.24, 2.45) is 0 Å². The van der Waals surface area contributed by atoms with Crippen molar-refractivity contribution < 1.29 is 5.11 Å². The maximum Gasteiger partial charge on any atom is 0.209 e. The molecule has 0 radical (unpaired) electrons. The summed E-state index contributed by atoms with van der Waals surface area (Å²) in [5.74, 6) is 0. The van der Waals surface area contributed by atoms with Crippen LogP contribution in [-0.2, 0) is 6.54 Å². The van der Waals surface area contributed by atoms with Crippen LogP contribution in [0.25, 0.3) is 0 Å². The Balaban J connectivity index is 1.96. The van der Waals surface area contributed by atoms with Gasteiger partial charge in [0.15, 0.2) is 0 Å². The standard InChI is InChI=1S/C11H21N5OS/c1-12-7-8-16-11(13-14-15-16)18-10-6-4-2-3-5-9(10)17/h9-10,12,17H,2-8H2,1H3. The van der Waals surface area contributed by atoms with E-state index >= 15 is 0 Å². The number of aliphatic hydroxyl groups is 1. The van der Waals surface area contributed by atoms with Gasteiger partial charge >= 0.3 is 0 Å². The largest absolute Gasteiger partial charge is 0.392 e. The van der Waals surface area contributed by atoms with E-state index in [9.17, 15) is 5.11 Å². The third kappa shape index (κ3) is 3.66. The zero-order chi connectivity index (χ0) is 12.8. The Labute approximate surface area is 112 Å². The smallest absolute Gasteiger partial charge is 0.209 e. The fraction of sp³-hybridized carbons (Fsp3) is 0.909. The van der Waals surface area contributed by atoms with Gasteiger partial charge in [0.05, 0.1) is 12.6 Å². The molecule has 18 heavy (non-hydrogen) atoms. The first-order chi connectivity index (χ1) is 8.81. The van der Waals surface area contributed by atoms with Crippen molar-refractivity contribution in [2.45, 2.75) is 55.2 Å². The monoisotopic (exact) mass is 271 g/mol. The number of nitrogens with one attached hydrogen (secondary N) is 1. The first-order valence-corrected chi connectivity index (χ1v) is 7.44. The van der Waals surface area contributed by atoms with E-state index in [-0.39, 0.29) is 11.4 Å². The molecule has 0 saturated heterocycles. The lowest BCUT2D eigenvalue weighted by Gasteiger charge is -2.18. The van der Waals surface area contributed by atoms with Crippen molar-refractivity contribution in [1.29, 1.82) is 0 Å². The summed E-state index contributed by atoms with van der Waals surface area (Å²) in [5.41, 5.74) is 0. The number of tetrazole rings is 1. The van der Waals surface area contributed by atoms with Gasteiger partial charge in [0.25, 0.3) is 0 Å². The molecule has 2 unspecified atom stereocenters. The van der Waals surface area contributed by atoms with Crippen LogP contribution in [-0.4, -0.2) is 50.3 Å². The highest BCUT2D eigenvalue weighted by molar-refractivity contribution is 7.99. The fourth-order valence-corrected chi connectivity index (χ4v) is 3.35. The molecule has 7 heteroatoms. The SMILES string of the molecule is CNCCn1nnnc1SC1CCCCCC1O. The van der Waals surface area contributed by atoms with Crippen molar-refractivity contribution in [1.82, 2.24) is 25.5 Å². The van der Waals surface area contributed by atoms with Crippen LogP contribution in [0.5, 0.6) is 0 Å². The average Bonchev–Trinajstić information content (AvgIpc) is 2.71. The van der Waals surface area contributed by atoms with E-state index in [4.69, 9.17) is 0 Å². The summed E-state index contributed by atoms with van der Waals surface area (Å²) in [6.07, 6.45) is 5.25. The van der Waals surface area contributed by atoms with Crippen molar-refractivity contribution >= 4 is 11.8 Å². The minimum absolute atomic E-state index is 0.229. The molecule has 0 aromatic carbocycles. The summed E-state index contributed by atoms with van der Waals surface area (Å²) in [7, 11) is 1.91. The molecular weight excluding hydrogens is 250 g/mol. The Kier molecular flexibility index (Phi) is 5.40. The highest BCUT2D eigenvalue weighted by Gasteiger charge is 2.24. The molecule has 0 spiro atoms. The number of rotatable bonds is 5. The van der Waals surface area contributed by atoms with Crippen LogP contribution in [0, 0.1) is 0 Å². The Morgan fingerprint density at radius 3 is 3.06 bits per heavy atom. The van der Waals surface area contributed by atoms with Crippen molar-refractivity contribution in [3.63, 3.8) is 0 Å². The normalized spacial score (nSPS) is 25.0. The summed E-state index contributed by atoms with van der Waals surface area (Å²) in [4.78, 5) is 0. The van der Waals surface area contributed by atoms with Crippen LogP contribution in [0.4, 0.5) is 0 Å². The average molecular weight is 271 g/mol. The molecule has 1 aromatic heterocycles. The predicted octanol–water partition coefficient (Wildman–Crippen LogP) is 0.678. The van der Waals surface area contributed by atoms with Gasteiger partial charge in [0, 0.05) is 11.8 Å². The Bertz CT molecular complexity index is 359. The topological polar surface area (TPSA) is 75.9 Å². The Morgan fingerprint density at radius 2 is 2.22 bits per heavy atom. The summed E-state index contributed by atoms with van der Waals surface area (Å²) >= 11 is 1.62. The number of hydrogen-bond acceptors (Lipinski definition) is 6. The molecule has 102 valence electrons. The molecule has 1 saturated carbocycles. The molecule has 6 nitrogen and oxygen atoms in total. The van der Waals surface area contributed by atoms with Crippen molar-refractivity contribution in [3.8, 4) is 0 Å². The molecule has 2 N–H and O–H groups in total. The van der Waals surface area contributed by atoms with Crippen LogP contribution in [0.2, 0.25) is 0 Å². The maximum absolute atomic E-state index is 10.1. The molecule has 1 heterocycles. The van der Waals surface area contributed by atoms with E-state index in [1.807, 2.05) is 7.05 Å². The highest BCUT2D eigenvalue weighted by atomic mass is 32.2. The van der Waals surface area contributed by atoms with Crippen molar-refractivity contribution in [2.75, 3.05) is 13.6 Å². The lowest BCUT2D eigenvalue weighted by molar-refractivity contribution is 0.163. The Morgan fingerprint density at radius 1 is 1.39 bits per heavy atom. The van der Waals surface area contributed by atoms with Gasteiger partial charge in [-0.2, -0.15) is 0 Å². The van der Waals surface area contributed by atoms with E-state index < -0.39 is 0 Å². The third-order valence-corrected chi connectivity index (χ3v) is 4.60. The molecule has 0 amide bonds. The van der Waals surface area contributed by atoms with Gasteiger partial charge in [0.2, 0.25) is 5.16 Å². The fourth-order valence-electron chi connectivity index (χ4n) is 2.17. The van der Waals surface area contributed by atoms with Gasteiger partial charge in [-0.3, -0.25) is 0 Å². The summed E-state index contributed by atoms with van der Waals surface area (Å²) in [6.45, 7) is 1.60. The minimum Gasteiger partial charge on any atom is -0.392 e. The van der Waals surface area contributed by atoms with Gasteiger partial charge in [-0.25, -0.2) is 4.68 Å². The summed E-state index contributed by atoms with van der Waals surface area (Å²) < 4.78 is 1.80. The van der Waals surface area contributed by atoms with Crippen molar-refractivity contribution in [3.05, 3.63) is 0 Å². The first-order valence-electron chi connectivity index (χ1n) is 6.56. The van der Waals surface area contributed by atoms with Gasteiger partial charge < -0.3 is 10.4 Å². The lowest BCUT2D eigenvalue weighted by Crippen LogP contribution is -2.22. The van der Waals surface area contributed by atoms with Crippen LogP contribution in [0.3, 0.4) is 0 Å². The van der Waals surface area contributed by atoms with E-state index in [0.29, 0.717) is 0 Å². The number of aliphatic hydroxyl groups excluding tert-OH is 1. The first kappa shape index (κ1) is 13.8. The van der Waals surface area contributed by atoms with Crippen LogP contribution >= 0.6 is 11.8 Å². The molecule has 2 atom stereocenters. The number of nitrogens with zero attached hydrogens (tertiary/aromatic N) is 4. The predicted molar refractivity (Wildman–Crippen MR) is 70.5 cm³/mol. The van der Waals surface area contributed by atoms with Crippen LogP contribution in [0.15, 0.2) is 5.16 Å². The van der Waals surface area contributed by atoms with Gasteiger partial charge in [0.1, 0.15) is 0 Å². The molecule has 2 rings (SSSR count). The van der Waals surface area contributed by atoms with E-state index in [0.717, 1.165) is 37.5 Å². The molecule has 1 aromatic rings. The molecule has 1 aliphatic carbocycles. The highest BCUT2D eigenvalue weighted by Crippen LogP contribution is 2.31. The molecule has 0 bridgehead atoms. The molecule has 1 aliphatic rings.